The number of benzene rings is 1. The Hall–Kier alpha value is -3.27. The molecule has 0 saturated carbocycles. The fraction of sp³-hybridized carbons (Fsp3) is 0.391. The number of rotatable bonds is 6. The van der Waals surface area contributed by atoms with Gasteiger partial charge in [-0.1, -0.05) is 6.07 Å². The third-order valence-corrected chi connectivity index (χ3v) is 6.92. The summed E-state index contributed by atoms with van der Waals surface area (Å²) in [5.41, 5.74) is 1.89. The van der Waals surface area contributed by atoms with Crippen LogP contribution in [0.2, 0.25) is 0 Å². The molecule has 1 amide bonds. The lowest BCUT2D eigenvalue weighted by atomic mass is 10.1. The van der Waals surface area contributed by atoms with Crippen molar-refractivity contribution in [1.82, 2.24) is 24.8 Å². The van der Waals surface area contributed by atoms with E-state index in [9.17, 15) is 4.79 Å². The largest absolute Gasteiger partial charge is 0.454 e. The van der Waals surface area contributed by atoms with Crippen LogP contribution in [-0.2, 0) is 4.79 Å². The maximum absolute atomic E-state index is 12.8. The quantitative estimate of drug-likeness (QED) is 0.593. The second kappa shape index (κ2) is 9.30. The molecule has 4 heterocycles. The zero-order chi connectivity index (χ0) is 22.8. The maximum Gasteiger partial charge on any atom is 0.237 e. The smallest absolute Gasteiger partial charge is 0.237 e. The summed E-state index contributed by atoms with van der Waals surface area (Å²) in [6.07, 6.45) is 5.69. The Bertz CT molecular complexity index is 1140. The van der Waals surface area contributed by atoms with Crippen molar-refractivity contribution in [2.75, 3.05) is 30.5 Å². The molecular formula is C23H26N6O3S. The van der Waals surface area contributed by atoms with Gasteiger partial charge in [-0.3, -0.25) is 9.36 Å². The van der Waals surface area contributed by atoms with E-state index in [4.69, 9.17) is 14.5 Å². The third-order valence-electron chi connectivity index (χ3n) is 5.71. The topological polar surface area (TPSA) is 94.4 Å². The number of amides is 1. The van der Waals surface area contributed by atoms with E-state index in [-0.39, 0.29) is 24.0 Å². The van der Waals surface area contributed by atoms with Gasteiger partial charge in [0.1, 0.15) is 12.1 Å². The van der Waals surface area contributed by atoms with Crippen LogP contribution in [0.1, 0.15) is 30.6 Å². The van der Waals surface area contributed by atoms with Crippen molar-refractivity contribution in [3.8, 4) is 17.4 Å². The van der Waals surface area contributed by atoms with Crippen molar-refractivity contribution >= 4 is 23.5 Å². The van der Waals surface area contributed by atoms with Crippen LogP contribution in [0.15, 0.2) is 43.0 Å². The van der Waals surface area contributed by atoms with Crippen molar-refractivity contribution in [3.63, 3.8) is 0 Å². The summed E-state index contributed by atoms with van der Waals surface area (Å²) in [5, 5.41) is 3.31. The third kappa shape index (κ3) is 4.90. The highest BCUT2D eigenvalue weighted by molar-refractivity contribution is 8.00. The van der Waals surface area contributed by atoms with E-state index >= 15 is 0 Å². The van der Waals surface area contributed by atoms with Crippen molar-refractivity contribution in [2.45, 2.75) is 31.6 Å². The molecule has 33 heavy (non-hydrogen) atoms. The molecule has 1 saturated heterocycles. The van der Waals surface area contributed by atoms with Gasteiger partial charge >= 0.3 is 0 Å². The summed E-state index contributed by atoms with van der Waals surface area (Å²) in [6.45, 7) is 5.83. The summed E-state index contributed by atoms with van der Waals surface area (Å²) in [7, 11) is 0. The molecule has 3 aromatic rings. The van der Waals surface area contributed by atoms with E-state index in [0.717, 1.165) is 47.4 Å². The lowest BCUT2D eigenvalue weighted by Crippen LogP contribution is -2.41. The first kappa shape index (κ1) is 21.6. The molecule has 2 aliphatic rings. The minimum atomic E-state index is -0.112. The summed E-state index contributed by atoms with van der Waals surface area (Å²) >= 11 is 1.84. The number of aryl methyl sites for hydroxylation is 1. The second-order valence-corrected chi connectivity index (χ2v) is 9.59. The first-order valence-corrected chi connectivity index (χ1v) is 12.0. The van der Waals surface area contributed by atoms with E-state index in [1.165, 1.54) is 0 Å². The van der Waals surface area contributed by atoms with Crippen molar-refractivity contribution < 1.29 is 14.3 Å². The van der Waals surface area contributed by atoms with Gasteiger partial charge in [-0.25, -0.2) is 9.97 Å². The minimum Gasteiger partial charge on any atom is -0.454 e. The first-order valence-electron chi connectivity index (χ1n) is 10.9. The molecule has 0 radical (unpaired) electrons. The van der Waals surface area contributed by atoms with Gasteiger partial charge in [0.25, 0.3) is 0 Å². The van der Waals surface area contributed by atoms with Gasteiger partial charge < -0.3 is 19.7 Å². The molecule has 2 aliphatic heterocycles. The van der Waals surface area contributed by atoms with E-state index < -0.39 is 0 Å². The maximum atomic E-state index is 12.8. The predicted octanol–water partition coefficient (Wildman–Crippen LogP) is 2.89. The standard InChI is InChI=1S/C23H26N6O3S/c1-15-9-21(27-23(25-15)29-6-5-24-13-29)28-7-8-33-18(12-28)11-22(30)26-16(2)17-3-4-19-20(10-17)32-14-31-19/h3-6,9-10,13,16,18H,7-8,11-12,14H2,1-2H3,(H,26,30). The Balaban J connectivity index is 1.21. The fourth-order valence-corrected chi connectivity index (χ4v) is 5.23. The highest BCUT2D eigenvalue weighted by atomic mass is 32.2. The van der Waals surface area contributed by atoms with Gasteiger partial charge in [-0.2, -0.15) is 16.7 Å². The van der Waals surface area contributed by atoms with Crippen LogP contribution >= 0.6 is 11.8 Å². The zero-order valence-electron chi connectivity index (χ0n) is 18.6. The van der Waals surface area contributed by atoms with E-state index in [1.807, 2.05) is 56.1 Å². The first-order chi connectivity index (χ1) is 16.0. The number of imidazole rings is 1. The molecule has 2 aromatic heterocycles. The van der Waals surface area contributed by atoms with Gasteiger partial charge in [0, 0.05) is 54.7 Å². The zero-order valence-corrected chi connectivity index (χ0v) is 19.4. The Morgan fingerprint density at radius 1 is 1.27 bits per heavy atom. The number of anilines is 1. The van der Waals surface area contributed by atoms with E-state index in [0.29, 0.717) is 12.4 Å². The predicted molar refractivity (Wildman–Crippen MR) is 126 cm³/mol. The van der Waals surface area contributed by atoms with Crippen LogP contribution < -0.4 is 19.7 Å². The molecule has 10 heteroatoms. The molecule has 0 aliphatic carbocycles. The molecular weight excluding hydrogens is 440 g/mol. The van der Waals surface area contributed by atoms with Crippen molar-refractivity contribution in [1.29, 1.82) is 0 Å². The summed E-state index contributed by atoms with van der Waals surface area (Å²) in [6, 6.07) is 7.66. The number of fused-ring (bicyclic) bond motifs is 1. The Labute approximate surface area is 196 Å². The SMILES string of the molecule is Cc1cc(N2CCSC(CC(=O)NC(C)c3ccc4c(c3)OCO4)C2)nc(-n2ccnc2)n1. The number of carbonyl (C=O) groups excluding carboxylic acids is 1. The summed E-state index contributed by atoms with van der Waals surface area (Å²) in [5.74, 6) is 3.93. The molecule has 0 bridgehead atoms. The van der Waals surface area contributed by atoms with Gasteiger partial charge in [0.15, 0.2) is 11.5 Å². The lowest BCUT2D eigenvalue weighted by Gasteiger charge is -2.33. The van der Waals surface area contributed by atoms with Gasteiger partial charge in [-0.15, -0.1) is 0 Å². The Morgan fingerprint density at radius 2 is 2.15 bits per heavy atom. The van der Waals surface area contributed by atoms with Gasteiger partial charge in [0.2, 0.25) is 18.6 Å². The van der Waals surface area contributed by atoms with Crippen LogP contribution in [0.4, 0.5) is 5.82 Å². The van der Waals surface area contributed by atoms with Crippen molar-refractivity contribution in [3.05, 3.63) is 54.2 Å². The number of nitrogens with zero attached hydrogens (tertiary/aromatic N) is 5. The number of ether oxygens (including phenoxy) is 2. The number of thioether (sulfide) groups is 1. The normalized spacial score (nSPS) is 18.2. The van der Waals surface area contributed by atoms with Crippen LogP contribution in [0, 0.1) is 6.92 Å². The second-order valence-electron chi connectivity index (χ2n) is 8.18. The molecule has 1 fully saturated rings. The average Bonchev–Trinajstić information content (AvgIpc) is 3.50. The molecule has 2 unspecified atom stereocenters. The van der Waals surface area contributed by atoms with E-state index in [1.54, 1.807) is 17.1 Å². The van der Waals surface area contributed by atoms with Gasteiger partial charge in [-0.05, 0) is 31.5 Å². The molecule has 172 valence electrons. The van der Waals surface area contributed by atoms with Crippen LogP contribution in [0.25, 0.3) is 5.95 Å². The molecule has 0 spiro atoms. The molecule has 5 rings (SSSR count). The summed E-state index contributed by atoms with van der Waals surface area (Å²) < 4.78 is 12.6. The van der Waals surface area contributed by atoms with E-state index in [2.05, 4.69) is 20.2 Å². The minimum absolute atomic E-state index is 0.0393. The van der Waals surface area contributed by atoms with Crippen LogP contribution in [-0.4, -0.2) is 56.3 Å². The molecule has 9 nitrogen and oxygen atoms in total. The number of carbonyl (C=O) groups is 1. The fourth-order valence-electron chi connectivity index (χ4n) is 4.02. The number of aromatic nitrogens is 4. The number of nitrogens with one attached hydrogen (secondary N) is 1. The highest BCUT2D eigenvalue weighted by Crippen LogP contribution is 2.34. The number of hydrogen-bond donors (Lipinski definition) is 1. The highest BCUT2D eigenvalue weighted by Gasteiger charge is 2.25. The summed E-state index contributed by atoms with van der Waals surface area (Å²) in [4.78, 5) is 28.4. The monoisotopic (exact) mass is 466 g/mol. The Morgan fingerprint density at radius 3 is 3.00 bits per heavy atom. The number of hydrogen-bond acceptors (Lipinski definition) is 8. The van der Waals surface area contributed by atoms with Gasteiger partial charge in [0.05, 0.1) is 6.04 Å². The van der Waals surface area contributed by atoms with Crippen molar-refractivity contribution in [2.24, 2.45) is 0 Å². The van der Waals surface area contributed by atoms with Crippen LogP contribution in [0.5, 0.6) is 11.5 Å². The molecule has 1 N–H and O–H groups in total. The Kier molecular flexibility index (Phi) is 6.08. The van der Waals surface area contributed by atoms with Crippen LogP contribution in [0.3, 0.4) is 0 Å². The lowest BCUT2D eigenvalue weighted by molar-refractivity contribution is -0.121. The molecule has 1 aromatic carbocycles. The molecule has 2 atom stereocenters. The average molecular weight is 467 g/mol.